The Balaban J connectivity index is 0.930. The van der Waals surface area contributed by atoms with Crippen molar-refractivity contribution in [2.45, 2.75) is 121 Å². The highest BCUT2D eigenvalue weighted by molar-refractivity contribution is 14.1. The van der Waals surface area contributed by atoms with Gasteiger partial charge >= 0.3 is 5.97 Å². The Morgan fingerprint density at radius 1 is 0.787 bits per heavy atom. The van der Waals surface area contributed by atoms with Crippen LogP contribution in [-0.4, -0.2) is 242 Å². The summed E-state index contributed by atoms with van der Waals surface area (Å²) >= 11 is 2.26. The Labute approximate surface area is 562 Å². The first-order valence-corrected chi connectivity index (χ1v) is 33.4. The molecule has 94 heavy (non-hydrogen) atoms. The summed E-state index contributed by atoms with van der Waals surface area (Å²) in [5.74, 6) is -2.51. The van der Waals surface area contributed by atoms with Gasteiger partial charge in [-0.3, -0.25) is 72.7 Å². The van der Waals surface area contributed by atoms with E-state index >= 15 is 0 Å². The number of carbonyl (C=O) groups is 9. The summed E-state index contributed by atoms with van der Waals surface area (Å²) in [4.78, 5) is 133. The number of aromatic nitrogens is 1. The number of unbranched alkanes of at least 4 members (excludes halogenated alkanes) is 3. The molecule has 3 aromatic rings. The Bertz CT molecular complexity index is 3040. The van der Waals surface area contributed by atoms with E-state index in [0.29, 0.717) is 184 Å². The quantitative estimate of drug-likeness (QED) is 0.0137. The van der Waals surface area contributed by atoms with E-state index in [9.17, 15) is 57.0 Å². The second-order valence-corrected chi connectivity index (χ2v) is 25.2. The van der Waals surface area contributed by atoms with Gasteiger partial charge in [0.25, 0.3) is 24.8 Å². The molecular weight excluding hydrogens is 1330 g/mol. The molecule has 5 N–H and O–H groups in total. The van der Waals surface area contributed by atoms with E-state index in [2.05, 4.69) is 71.9 Å². The normalized spacial score (nSPS) is 17.6. The third kappa shape index (κ3) is 27.5. The van der Waals surface area contributed by atoms with Crippen molar-refractivity contribution in [3.05, 3.63) is 69.4 Å². The number of amidine groups is 1. The number of amides is 6. The van der Waals surface area contributed by atoms with Gasteiger partial charge in [-0.25, -0.2) is 8.78 Å². The third-order valence-electron chi connectivity index (χ3n) is 16.8. The minimum atomic E-state index is -3.09. The number of hydrogen-bond donors (Lipinski definition) is 5. The van der Waals surface area contributed by atoms with E-state index < -0.39 is 61.2 Å². The summed E-state index contributed by atoms with van der Waals surface area (Å²) in [6.45, 7) is 6.01. The zero-order valence-electron chi connectivity index (χ0n) is 53.8. The number of alkyl halides is 2. The number of ether oxygens (including phenoxy) is 3. The van der Waals surface area contributed by atoms with Crippen LogP contribution >= 0.6 is 22.6 Å². The summed E-state index contributed by atoms with van der Waals surface area (Å²) in [6.07, 6.45) is 15.2. The molecule has 3 saturated heterocycles. The van der Waals surface area contributed by atoms with Gasteiger partial charge in [0.1, 0.15) is 25.3 Å². The van der Waals surface area contributed by atoms with E-state index in [-0.39, 0.29) is 49.8 Å². The Hall–Kier alpha value is -7.46. The molecule has 0 saturated carbocycles. The van der Waals surface area contributed by atoms with Crippen LogP contribution in [-0.2, 0) is 54.3 Å². The lowest BCUT2D eigenvalue weighted by Gasteiger charge is -2.33. The average molecular weight is 1430 g/mol. The Morgan fingerprint density at radius 2 is 1.46 bits per heavy atom. The molecule has 3 fully saturated rings. The van der Waals surface area contributed by atoms with Crippen LogP contribution < -0.4 is 26.0 Å². The number of pyridine rings is 1. The minimum Gasteiger partial charge on any atom is -0.494 e. The number of aryl methyl sites for hydroxylation is 1. The van der Waals surface area contributed by atoms with Crippen molar-refractivity contribution in [1.29, 1.82) is 0 Å². The lowest BCUT2D eigenvalue weighted by Crippen LogP contribution is -2.52. The van der Waals surface area contributed by atoms with Crippen molar-refractivity contribution in [2.24, 2.45) is 10.9 Å². The molecule has 2 aromatic carbocycles. The van der Waals surface area contributed by atoms with Gasteiger partial charge in [-0.15, -0.1) is 6.42 Å². The number of hydrogen-bond acceptors (Lipinski definition) is 18. The number of benzene rings is 2. The molecule has 28 heteroatoms. The van der Waals surface area contributed by atoms with Crippen LogP contribution in [0.3, 0.4) is 0 Å². The number of carboxylic acid groups (broad SMARTS) is 1. The van der Waals surface area contributed by atoms with Crippen LogP contribution in [0.1, 0.15) is 113 Å². The number of fused-ring (bicyclic) bond motifs is 1. The molecule has 0 aliphatic carbocycles. The van der Waals surface area contributed by atoms with Gasteiger partial charge < -0.3 is 50.4 Å². The summed E-state index contributed by atoms with van der Waals surface area (Å²) in [5, 5.41) is 21.6. The molecule has 3 aliphatic heterocycles. The number of nitrogens with one attached hydrogen (secondary N) is 4. The van der Waals surface area contributed by atoms with E-state index in [1.165, 1.54) is 17.8 Å². The van der Waals surface area contributed by atoms with E-state index in [4.69, 9.17) is 20.6 Å². The lowest BCUT2D eigenvalue weighted by atomic mass is 9.92. The Morgan fingerprint density at radius 3 is 2.12 bits per heavy atom. The van der Waals surface area contributed by atoms with Crippen molar-refractivity contribution in [3.63, 3.8) is 0 Å². The van der Waals surface area contributed by atoms with Crippen LogP contribution in [0, 0.1) is 21.8 Å². The molecule has 0 unspecified atom stereocenters. The molecule has 1 aromatic heterocycles. The maximum absolute atomic E-state index is 14.0. The summed E-state index contributed by atoms with van der Waals surface area (Å²) < 4.78 is 45.3. The molecule has 3 aliphatic rings. The first-order valence-electron chi connectivity index (χ1n) is 32.4. The van der Waals surface area contributed by atoms with E-state index in [1.807, 2.05) is 31.7 Å². The highest BCUT2D eigenvalue weighted by Gasteiger charge is 2.46. The first kappa shape index (κ1) is 75.6. The number of piperidine rings is 1. The predicted molar refractivity (Wildman–Crippen MR) is 355 cm³/mol. The third-order valence-corrected chi connectivity index (χ3v) is 17.5. The van der Waals surface area contributed by atoms with Gasteiger partial charge in [0, 0.05) is 113 Å². The SMILES string of the molecule is C#C[C@H]1CC(F)(F)CN1C(=O)CNC(=O)c1ccnc2ccc(OCCCC3CCN(C(=O)CCCCCNC(=O)[C@H](CCCC/N=C(\C)NC(=O)CCCc4ccc(I)cc4)NC(=O)CN4CCN(COC=O)CCN(COC=O)CCN(CC(=O)O)CC4)CC3)cc12. The smallest absolute Gasteiger partial charge is 0.317 e. The minimum absolute atomic E-state index is 0.00505. The molecule has 4 heterocycles. The van der Waals surface area contributed by atoms with Crippen molar-refractivity contribution in [1.82, 2.24) is 55.7 Å². The summed E-state index contributed by atoms with van der Waals surface area (Å²) in [7, 11) is 0. The monoisotopic (exact) mass is 1420 g/mol. The van der Waals surface area contributed by atoms with Gasteiger partial charge in [0.2, 0.25) is 29.5 Å². The van der Waals surface area contributed by atoms with Crippen LogP contribution in [0.5, 0.6) is 5.75 Å². The molecule has 0 spiro atoms. The number of nitrogens with zero attached hydrogens (tertiary/aromatic N) is 8. The van der Waals surface area contributed by atoms with Crippen LogP contribution in [0.15, 0.2) is 59.7 Å². The number of aliphatic imine (C=N–C) groups is 1. The fourth-order valence-electron chi connectivity index (χ4n) is 11.5. The maximum Gasteiger partial charge on any atom is 0.317 e. The molecule has 0 bridgehead atoms. The average Bonchev–Trinajstić information content (AvgIpc) is 1.32. The number of carboxylic acids is 1. The molecule has 6 rings (SSSR count). The number of terminal acetylenes is 1. The number of aliphatic carboxylic acids is 1. The van der Waals surface area contributed by atoms with Crippen molar-refractivity contribution < 1.29 is 71.2 Å². The van der Waals surface area contributed by atoms with Crippen LogP contribution in [0.25, 0.3) is 10.9 Å². The van der Waals surface area contributed by atoms with E-state index in [0.717, 1.165) is 40.6 Å². The fourth-order valence-corrected chi connectivity index (χ4v) is 11.9. The largest absolute Gasteiger partial charge is 0.494 e. The van der Waals surface area contributed by atoms with Gasteiger partial charge in [-0.1, -0.05) is 24.5 Å². The van der Waals surface area contributed by atoms with E-state index in [1.54, 1.807) is 30.0 Å². The molecule has 25 nitrogen and oxygen atoms in total. The number of rotatable bonds is 35. The van der Waals surface area contributed by atoms with Crippen molar-refractivity contribution in [3.8, 4) is 18.1 Å². The zero-order valence-corrected chi connectivity index (χ0v) is 55.9. The molecular formula is C66H91F2IN12O13. The van der Waals surface area contributed by atoms with Gasteiger partial charge in [0.15, 0.2) is 0 Å². The topological polar surface area (TPSA) is 294 Å². The molecule has 514 valence electrons. The summed E-state index contributed by atoms with van der Waals surface area (Å²) in [5.41, 5.74) is 1.94. The van der Waals surface area contributed by atoms with Crippen molar-refractivity contribution >= 4 is 93.7 Å². The second-order valence-electron chi connectivity index (χ2n) is 24.0. The maximum atomic E-state index is 14.0. The lowest BCUT2D eigenvalue weighted by molar-refractivity contribution is -0.139. The summed E-state index contributed by atoms with van der Waals surface area (Å²) in [6, 6.07) is 13.0. The number of likely N-dealkylation sites (tertiary alicyclic amines) is 2. The van der Waals surface area contributed by atoms with Crippen LogP contribution in [0.4, 0.5) is 8.78 Å². The molecule has 2 atom stereocenters. The predicted octanol–water partition coefficient (Wildman–Crippen LogP) is 4.29. The highest BCUT2D eigenvalue weighted by Crippen LogP contribution is 2.32. The molecule has 6 amide bonds. The van der Waals surface area contributed by atoms with Gasteiger partial charge in [-0.05, 0) is 148 Å². The van der Waals surface area contributed by atoms with Crippen LogP contribution in [0.2, 0.25) is 0 Å². The standard InChI is InChI=1S/C66H91F2IN12O13/c1-3-53-40-66(67,68)44-81(53)62(87)41-73-64(90)55-22-27-71-57-21-20-54(39-56(55)57)94-38-10-12-51-23-28-80(29-24-51)61(86)15-5-4-7-26-72-65(91)58(13-6-8-25-70-49(2)74-59(84)14-9-11-50-16-18-52(69)19-17-50)75-60(85)42-76-30-31-77(43-63(88)89)33-35-79(46-93-48-83)37-36-78(34-32-76)45-92-47-82/h1,16-22,27,39,47-48,51,53,58H,4-15,23-26,28-38,40-46H2,2H3,(H,72,91)(H,73,90)(H,75,85)(H,88,89)(H,70,74,84)/t53-,58-/m0/s1. The number of halogens is 3. The Kier molecular flexibility index (Phi) is 32.7. The van der Waals surface area contributed by atoms with Crippen molar-refractivity contribution in [2.75, 3.05) is 125 Å². The first-order chi connectivity index (χ1) is 45.3. The highest BCUT2D eigenvalue weighted by atomic mass is 127. The van der Waals surface area contributed by atoms with Gasteiger partial charge in [0.05, 0.1) is 55.7 Å². The van der Waals surface area contributed by atoms with Gasteiger partial charge in [-0.2, -0.15) is 0 Å². The molecule has 0 radical (unpaired) electrons. The second kappa shape index (κ2) is 40.7. The zero-order chi connectivity index (χ0) is 67.7. The fraction of sp³-hybridized carbons (Fsp3) is 0.591. The number of carbonyl (C=O) groups excluding carboxylic acids is 8.